The van der Waals surface area contributed by atoms with Crippen LogP contribution in [0.3, 0.4) is 0 Å². The zero-order chi connectivity index (χ0) is 31.2. The summed E-state index contributed by atoms with van der Waals surface area (Å²) in [6.07, 6.45) is 3.51. The van der Waals surface area contributed by atoms with Gasteiger partial charge in [-0.25, -0.2) is 9.38 Å². The summed E-state index contributed by atoms with van der Waals surface area (Å²) in [5.41, 5.74) is 6.98. The Hall–Kier alpha value is -5.27. The predicted octanol–water partition coefficient (Wildman–Crippen LogP) is 7.20. The van der Waals surface area contributed by atoms with Crippen molar-refractivity contribution >= 4 is 33.9 Å². The number of hydrogen-bond acceptors (Lipinski definition) is 5. The van der Waals surface area contributed by atoms with Gasteiger partial charge in [0.05, 0.1) is 23.4 Å². The standard InChI is InChI=1S/C39H29FN2O3S/c1-44-34-21-24(13-20-33(34)45-23-28-10-6-9-25-7-2-4-11-30(25)28)22-35-38(43)42-37(27-14-17-29(40)18-15-27)32-19-16-26-8-3-5-12-31(26)36(32)41-39(42)46-35/h2-15,17-18,20-22,37H,16,19,23H2,1H3/b35-22-. The van der Waals surface area contributed by atoms with E-state index < -0.39 is 0 Å². The van der Waals surface area contributed by atoms with E-state index in [1.807, 2.05) is 54.6 Å². The van der Waals surface area contributed by atoms with Crippen LogP contribution >= 0.6 is 11.3 Å². The van der Waals surface area contributed by atoms with Gasteiger partial charge in [-0.2, -0.15) is 0 Å². The molecule has 2 aliphatic rings. The molecule has 0 fully saturated rings. The minimum absolute atomic E-state index is 0.126. The van der Waals surface area contributed by atoms with Crippen molar-refractivity contribution in [1.29, 1.82) is 0 Å². The molecule has 2 heterocycles. The van der Waals surface area contributed by atoms with Gasteiger partial charge in [-0.15, -0.1) is 0 Å². The molecule has 1 aromatic heterocycles. The maximum Gasteiger partial charge on any atom is 0.271 e. The van der Waals surface area contributed by atoms with Gasteiger partial charge in [0.15, 0.2) is 16.3 Å². The second-order valence-electron chi connectivity index (χ2n) is 11.5. The van der Waals surface area contributed by atoms with E-state index in [0.29, 0.717) is 27.4 Å². The molecule has 226 valence electrons. The third kappa shape index (κ3) is 4.93. The zero-order valence-electron chi connectivity index (χ0n) is 25.1. The molecule has 0 bridgehead atoms. The Balaban J connectivity index is 1.18. The maximum atomic E-state index is 14.1. The van der Waals surface area contributed by atoms with Crippen molar-refractivity contribution in [3.05, 3.63) is 168 Å². The van der Waals surface area contributed by atoms with Gasteiger partial charge in [-0.3, -0.25) is 9.36 Å². The first-order chi connectivity index (χ1) is 22.6. The second kappa shape index (κ2) is 11.6. The molecule has 0 spiro atoms. The Morgan fingerprint density at radius 2 is 1.72 bits per heavy atom. The summed E-state index contributed by atoms with van der Waals surface area (Å²) in [6, 6.07) is 34.5. The summed E-state index contributed by atoms with van der Waals surface area (Å²) in [5.74, 6) is 0.896. The number of methoxy groups -OCH3 is 1. The number of allylic oxidation sites excluding steroid dienone is 1. The van der Waals surface area contributed by atoms with Gasteiger partial charge in [0, 0.05) is 5.56 Å². The fourth-order valence-electron chi connectivity index (χ4n) is 6.59. The van der Waals surface area contributed by atoms with E-state index in [2.05, 4.69) is 36.4 Å². The number of aryl methyl sites for hydroxylation is 1. The maximum absolute atomic E-state index is 14.1. The Morgan fingerprint density at radius 1 is 0.913 bits per heavy atom. The fourth-order valence-corrected chi connectivity index (χ4v) is 7.59. The van der Waals surface area contributed by atoms with Gasteiger partial charge >= 0.3 is 0 Å². The number of aromatic nitrogens is 1. The second-order valence-corrected chi connectivity index (χ2v) is 12.5. The highest BCUT2D eigenvalue weighted by atomic mass is 32.1. The summed E-state index contributed by atoms with van der Waals surface area (Å²) < 4.78 is 28.2. The quantitative estimate of drug-likeness (QED) is 0.197. The molecule has 7 heteroatoms. The molecule has 6 aromatic rings. The van der Waals surface area contributed by atoms with Gasteiger partial charge in [-0.05, 0) is 81.8 Å². The Kier molecular flexibility index (Phi) is 7.11. The first kappa shape index (κ1) is 28.2. The van der Waals surface area contributed by atoms with E-state index in [0.717, 1.165) is 51.8 Å². The van der Waals surface area contributed by atoms with Gasteiger partial charge < -0.3 is 9.47 Å². The van der Waals surface area contributed by atoms with Gasteiger partial charge in [0.1, 0.15) is 12.4 Å². The number of thiazole rings is 1. The van der Waals surface area contributed by atoms with Crippen molar-refractivity contribution < 1.29 is 13.9 Å². The van der Waals surface area contributed by atoms with Gasteiger partial charge in [0.2, 0.25) is 0 Å². The third-order valence-corrected chi connectivity index (χ3v) is 9.79. The van der Waals surface area contributed by atoms with E-state index in [1.165, 1.54) is 34.4 Å². The molecule has 1 unspecified atom stereocenters. The molecule has 0 saturated carbocycles. The van der Waals surface area contributed by atoms with Crippen molar-refractivity contribution in [2.45, 2.75) is 25.5 Å². The molecule has 0 radical (unpaired) electrons. The minimum atomic E-state index is -0.360. The number of nitrogens with zero attached hydrogens (tertiary/aromatic N) is 2. The molecule has 1 aliphatic carbocycles. The van der Waals surface area contributed by atoms with Crippen molar-refractivity contribution in [3.63, 3.8) is 0 Å². The average Bonchev–Trinajstić information content (AvgIpc) is 3.40. The van der Waals surface area contributed by atoms with Crippen LogP contribution in [0, 0.1) is 5.82 Å². The Labute approximate surface area is 268 Å². The Bertz CT molecular complexity index is 2350. The minimum Gasteiger partial charge on any atom is -0.493 e. The van der Waals surface area contributed by atoms with Crippen molar-refractivity contribution in [3.8, 4) is 11.5 Å². The molecular weight excluding hydrogens is 596 g/mol. The highest BCUT2D eigenvalue weighted by Crippen LogP contribution is 2.41. The smallest absolute Gasteiger partial charge is 0.271 e. The number of ether oxygens (including phenoxy) is 2. The largest absolute Gasteiger partial charge is 0.493 e. The lowest BCUT2D eigenvalue weighted by Gasteiger charge is -2.30. The molecule has 0 amide bonds. The monoisotopic (exact) mass is 624 g/mol. The van der Waals surface area contributed by atoms with E-state index >= 15 is 0 Å². The molecule has 1 atom stereocenters. The topological polar surface area (TPSA) is 52.8 Å². The van der Waals surface area contributed by atoms with Gasteiger partial charge in [0.25, 0.3) is 5.56 Å². The lowest BCUT2D eigenvalue weighted by atomic mass is 9.83. The molecule has 1 aliphatic heterocycles. The number of rotatable bonds is 6. The summed E-state index contributed by atoms with van der Waals surface area (Å²) in [5, 5.41) is 2.32. The van der Waals surface area contributed by atoms with Crippen LogP contribution in [0.1, 0.15) is 40.3 Å². The van der Waals surface area contributed by atoms with Crippen molar-refractivity contribution in [2.24, 2.45) is 4.99 Å². The molecule has 0 saturated heterocycles. The first-order valence-corrected chi connectivity index (χ1v) is 16.0. The van der Waals surface area contributed by atoms with Crippen LogP contribution in [0.4, 0.5) is 4.39 Å². The summed E-state index contributed by atoms with van der Waals surface area (Å²) in [4.78, 5) is 19.8. The SMILES string of the molecule is COc1cc(/C=c2\sc3n(c2=O)C(c2ccc(F)cc2)C2=C(N=3)c3ccccc3CC2)ccc1OCc1cccc2ccccc12. The lowest BCUT2D eigenvalue weighted by Crippen LogP contribution is -2.38. The van der Waals surface area contributed by atoms with Crippen LogP contribution in [-0.2, 0) is 13.0 Å². The van der Waals surface area contributed by atoms with E-state index in [1.54, 1.807) is 23.8 Å². The lowest BCUT2D eigenvalue weighted by molar-refractivity contribution is 0.285. The van der Waals surface area contributed by atoms with E-state index in [9.17, 15) is 9.18 Å². The summed E-state index contributed by atoms with van der Waals surface area (Å²) in [6.45, 7) is 0.396. The highest BCUT2D eigenvalue weighted by molar-refractivity contribution is 7.07. The number of halogens is 1. The van der Waals surface area contributed by atoms with Crippen LogP contribution in [0.15, 0.2) is 125 Å². The van der Waals surface area contributed by atoms with Crippen LogP contribution < -0.4 is 24.4 Å². The van der Waals surface area contributed by atoms with Crippen LogP contribution in [0.25, 0.3) is 22.5 Å². The molecular formula is C39H29FN2O3S. The molecule has 5 nitrogen and oxygen atoms in total. The first-order valence-electron chi connectivity index (χ1n) is 15.2. The molecule has 46 heavy (non-hydrogen) atoms. The number of fused-ring (bicyclic) bond motifs is 4. The van der Waals surface area contributed by atoms with Crippen LogP contribution in [0.5, 0.6) is 11.5 Å². The number of benzene rings is 5. The normalized spacial score (nSPS) is 15.6. The third-order valence-electron chi connectivity index (χ3n) is 8.81. The van der Waals surface area contributed by atoms with Gasteiger partial charge in [-0.1, -0.05) is 96.3 Å². The molecule has 5 aromatic carbocycles. The summed E-state index contributed by atoms with van der Waals surface area (Å²) >= 11 is 1.36. The van der Waals surface area contributed by atoms with E-state index in [4.69, 9.17) is 14.5 Å². The zero-order valence-corrected chi connectivity index (χ0v) is 25.9. The molecule has 8 rings (SSSR count). The average molecular weight is 625 g/mol. The van der Waals surface area contributed by atoms with Crippen molar-refractivity contribution in [2.75, 3.05) is 7.11 Å². The van der Waals surface area contributed by atoms with Crippen LogP contribution in [0.2, 0.25) is 0 Å². The summed E-state index contributed by atoms with van der Waals surface area (Å²) in [7, 11) is 1.61. The highest BCUT2D eigenvalue weighted by Gasteiger charge is 2.32. The van der Waals surface area contributed by atoms with E-state index in [-0.39, 0.29) is 17.4 Å². The predicted molar refractivity (Wildman–Crippen MR) is 180 cm³/mol. The Morgan fingerprint density at radius 3 is 2.59 bits per heavy atom. The molecule has 0 N–H and O–H groups in total. The fraction of sp³-hybridized carbons (Fsp3) is 0.128. The van der Waals surface area contributed by atoms with Crippen LogP contribution in [-0.4, -0.2) is 11.7 Å². The van der Waals surface area contributed by atoms with Crippen molar-refractivity contribution in [1.82, 2.24) is 4.57 Å². The number of hydrogen-bond donors (Lipinski definition) is 0.